The van der Waals surface area contributed by atoms with Crippen LogP contribution in [0.15, 0.2) is 0 Å². The Morgan fingerprint density at radius 3 is 2.32 bits per heavy atom. The molecule has 0 aromatic carbocycles. The standard InChI is InChI=1S/C14H26F3NO/c1-10(9-13(2,3)19-4)18-12-8-6-5-7-11(12)14(15,16)17/h10-12,18H,5-9H2,1-4H3. The second-order valence-corrected chi connectivity index (χ2v) is 6.27. The summed E-state index contributed by atoms with van der Waals surface area (Å²) in [6.07, 6.45) is -0.965. The summed E-state index contributed by atoms with van der Waals surface area (Å²) in [5.41, 5.74) is -0.311. The van der Waals surface area contributed by atoms with Crippen LogP contribution in [0.5, 0.6) is 0 Å². The van der Waals surface area contributed by atoms with Crippen molar-refractivity contribution in [3.8, 4) is 0 Å². The number of rotatable bonds is 5. The van der Waals surface area contributed by atoms with Gasteiger partial charge >= 0.3 is 6.18 Å². The van der Waals surface area contributed by atoms with E-state index in [9.17, 15) is 13.2 Å². The lowest BCUT2D eigenvalue weighted by Crippen LogP contribution is -2.49. The van der Waals surface area contributed by atoms with E-state index in [1.54, 1.807) is 7.11 Å². The number of alkyl halides is 3. The molecule has 0 bridgehead atoms. The molecule has 114 valence electrons. The van der Waals surface area contributed by atoms with Crippen LogP contribution < -0.4 is 5.32 Å². The molecule has 3 atom stereocenters. The first-order chi connectivity index (χ1) is 8.65. The highest BCUT2D eigenvalue weighted by Gasteiger charge is 2.45. The van der Waals surface area contributed by atoms with Gasteiger partial charge in [0.1, 0.15) is 0 Å². The average molecular weight is 281 g/mol. The van der Waals surface area contributed by atoms with Gasteiger partial charge in [0.2, 0.25) is 0 Å². The third-order valence-corrected chi connectivity index (χ3v) is 4.04. The number of nitrogens with one attached hydrogen (secondary N) is 1. The topological polar surface area (TPSA) is 21.3 Å². The van der Waals surface area contributed by atoms with Crippen molar-refractivity contribution in [2.24, 2.45) is 5.92 Å². The molecule has 0 amide bonds. The monoisotopic (exact) mass is 281 g/mol. The lowest BCUT2D eigenvalue weighted by Gasteiger charge is -2.37. The van der Waals surface area contributed by atoms with Crippen LogP contribution in [0.2, 0.25) is 0 Å². The van der Waals surface area contributed by atoms with Crippen molar-refractivity contribution >= 4 is 0 Å². The van der Waals surface area contributed by atoms with Gasteiger partial charge in [-0.25, -0.2) is 0 Å². The third kappa shape index (κ3) is 5.30. The zero-order valence-electron chi connectivity index (χ0n) is 12.3. The second-order valence-electron chi connectivity index (χ2n) is 6.27. The highest BCUT2D eigenvalue weighted by Crippen LogP contribution is 2.38. The maximum absolute atomic E-state index is 13.0. The van der Waals surface area contributed by atoms with Crippen LogP contribution in [0.3, 0.4) is 0 Å². The Labute approximate surface area is 114 Å². The number of hydrogen-bond donors (Lipinski definition) is 1. The molecule has 19 heavy (non-hydrogen) atoms. The SMILES string of the molecule is COC(C)(C)CC(C)NC1CCCCC1C(F)(F)F. The summed E-state index contributed by atoms with van der Waals surface area (Å²) in [4.78, 5) is 0. The molecule has 0 aromatic rings. The number of ether oxygens (including phenoxy) is 1. The summed E-state index contributed by atoms with van der Waals surface area (Å²) >= 11 is 0. The third-order valence-electron chi connectivity index (χ3n) is 4.04. The van der Waals surface area contributed by atoms with Gasteiger partial charge < -0.3 is 10.1 Å². The number of halogens is 3. The van der Waals surface area contributed by atoms with Gasteiger partial charge in [0.15, 0.2) is 0 Å². The Balaban J connectivity index is 2.58. The van der Waals surface area contributed by atoms with Crippen molar-refractivity contribution in [2.45, 2.75) is 76.7 Å². The lowest BCUT2D eigenvalue weighted by atomic mass is 9.83. The van der Waals surface area contributed by atoms with Gasteiger partial charge in [-0.05, 0) is 40.0 Å². The first kappa shape index (κ1) is 16.8. The maximum Gasteiger partial charge on any atom is 0.393 e. The fourth-order valence-electron chi connectivity index (χ4n) is 2.97. The molecule has 0 spiro atoms. The molecule has 1 rings (SSSR count). The normalized spacial score (nSPS) is 27.3. The van der Waals surface area contributed by atoms with E-state index in [0.29, 0.717) is 19.3 Å². The highest BCUT2D eigenvalue weighted by molar-refractivity contribution is 4.88. The fraction of sp³-hybridized carbons (Fsp3) is 1.00. The smallest absolute Gasteiger partial charge is 0.379 e. The fourth-order valence-corrected chi connectivity index (χ4v) is 2.97. The summed E-state index contributed by atoms with van der Waals surface area (Å²) in [6.45, 7) is 5.84. The van der Waals surface area contributed by atoms with Gasteiger partial charge in [0.05, 0.1) is 11.5 Å². The molecule has 1 aliphatic carbocycles. The molecule has 1 N–H and O–H groups in total. The molecule has 1 fully saturated rings. The molecule has 2 nitrogen and oxygen atoms in total. The van der Waals surface area contributed by atoms with E-state index >= 15 is 0 Å². The van der Waals surface area contributed by atoms with E-state index in [4.69, 9.17) is 4.74 Å². The summed E-state index contributed by atoms with van der Waals surface area (Å²) in [5, 5.41) is 3.17. The molecule has 0 radical (unpaired) electrons. The molecule has 0 aromatic heterocycles. The van der Waals surface area contributed by atoms with Gasteiger partial charge in [0.25, 0.3) is 0 Å². The molecule has 0 aliphatic heterocycles. The summed E-state index contributed by atoms with van der Waals surface area (Å²) in [7, 11) is 1.63. The Hall–Kier alpha value is -0.290. The van der Waals surface area contributed by atoms with Crippen molar-refractivity contribution in [2.75, 3.05) is 7.11 Å². The van der Waals surface area contributed by atoms with Gasteiger partial charge in [-0.3, -0.25) is 0 Å². The van der Waals surface area contributed by atoms with E-state index in [-0.39, 0.29) is 18.1 Å². The highest BCUT2D eigenvalue weighted by atomic mass is 19.4. The van der Waals surface area contributed by atoms with E-state index in [1.165, 1.54) is 0 Å². The Bertz CT molecular complexity index is 278. The van der Waals surface area contributed by atoms with E-state index in [1.807, 2.05) is 20.8 Å². The zero-order chi connectivity index (χ0) is 14.7. The Morgan fingerprint density at radius 1 is 1.21 bits per heavy atom. The van der Waals surface area contributed by atoms with E-state index in [2.05, 4.69) is 5.32 Å². The van der Waals surface area contributed by atoms with Crippen LogP contribution in [0.4, 0.5) is 13.2 Å². The molecule has 3 unspecified atom stereocenters. The van der Waals surface area contributed by atoms with Crippen molar-refractivity contribution in [3.05, 3.63) is 0 Å². The molecule has 0 saturated heterocycles. The first-order valence-electron chi connectivity index (χ1n) is 7.03. The quantitative estimate of drug-likeness (QED) is 0.825. The van der Waals surface area contributed by atoms with Crippen LogP contribution in [-0.2, 0) is 4.74 Å². The van der Waals surface area contributed by atoms with Crippen molar-refractivity contribution in [3.63, 3.8) is 0 Å². The van der Waals surface area contributed by atoms with Gasteiger partial charge in [-0.2, -0.15) is 13.2 Å². The predicted octanol–water partition coefficient (Wildman–Crippen LogP) is 3.90. The van der Waals surface area contributed by atoms with Crippen LogP contribution in [-0.4, -0.2) is 31.0 Å². The molecule has 1 aliphatic rings. The minimum absolute atomic E-state index is 0.0166. The van der Waals surface area contributed by atoms with Crippen molar-refractivity contribution in [1.29, 1.82) is 0 Å². The average Bonchev–Trinajstić information content (AvgIpc) is 2.27. The summed E-state index contributed by atoms with van der Waals surface area (Å²) < 4.78 is 44.3. The van der Waals surface area contributed by atoms with Crippen LogP contribution in [0, 0.1) is 5.92 Å². The van der Waals surface area contributed by atoms with Crippen LogP contribution >= 0.6 is 0 Å². The number of methoxy groups -OCH3 is 1. The largest absolute Gasteiger partial charge is 0.393 e. The predicted molar refractivity (Wildman–Crippen MR) is 70.1 cm³/mol. The van der Waals surface area contributed by atoms with Crippen molar-refractivity contribution < 1.29 is 17.9 Å². The van der Waals surface area contributed by atoms with Gasteiger partial charge in [-0.15, -0.1) is 0 Å². The van der Waals surface area contributed by atoms with Crippen LogP contribution in [0.1, 0.15) is 52.9 Å². The maximum atomic E-state index is 13.0. The molecule has 0 heterocycles. The molecular formula is C14H26F3NO. The molecule has 1 saturated carbocycles. The van der Waals surface area contributed by atoms with Gasteiger partial charge in [-0.1, -0.05) is 12.8 Å². The van der Waals surface area contributed by atoms with Crippen LogP contribution in [0.25, 0.3) is 0 Å². The minimum Gasteiger partial charge on any atom is -0.379 e. The summed E-state index contributed by atoms with van der Waals surface area (Å²) in [5.74, 6) is -1.20. The van der Waals surface area contributed by atoms with E-state index in [0.717, 1.165) is 6.42 Å². The van der Waals surface area contributed by atoms with E-state index < -0.39 is 18.1 Å². The second kappa shape index (κ2) is 6.44. The first-order valence-corrected chi connectivity index (χ1v) is 7.03. The van der Waals surface area contributed by atoms with Gasteiger partial charge in [0, 0.05) is 19.2 Å². The molecule has 5 heteroatoms. The molecular weight excluding hydrogens is 255 g/mol. The zero-order valence-corrected chi connectivity index (χ0v) is 12.3. The number of hydrogen-bond acceptors (Lipinski definition) is 2. The lowest BCUT2D eigenvalue weighted by molar-refractivity contribution is -0.189. The Kier molecular flexibility index (Phi) is 5.68. The van der Waals surface area contributed by atoms with Crippen molar-refractivity contribution in [1.82, 2.24) is 5.32 Å². The Morgan fingerprint density at radius 2 is 1.79 bits per heavy atom. The summed E-state index contributed by atoms with van der Waals surface area (Å²) in [6, 6.07) is -0.431. The minimum atomic E-state index is -4.09.